The summed E-state index contributed by atoms with van der Waals surface area (Å²) >= 11 is 0. The molecule has 3 aliphatic rings. The van der Waals surface area contributed by atoms with Crippen LogP contribution in [0.4, 0.5) is 16.2 Å². The van der Waals surface area contributed by atoms with Gasteiger partial charge in [-0.2, -0.15) is 0 Å². The van der Waals surface area contributed by atoms with Crippen molar-refractivity contribution >= 4 is 29.3 Å². The van der Waals surface area contributed by atoms with Crippen molar-refractivity contribution in [1.29, 1.82) is 0 Å². The Hall–Kier alpha value is -2.77. The van der Waals surface area contributed by atoms with E-state index in [0.29, 0.717) is 25.9 Å². The van der Waals surface area contributed by atoms with Crippen molar-refractivity contribution < 1.29 is 19.1 Å². The Morgan fingerprint density at radius 3 is 2.42 bits per heavy atom. The number of hydrogen-bond donors (Lipinski definition) is 1. The Morgan fingerprint density at radius 1 is 1.03 bits per heavy atom. The largest absolute Gasteiger partial charge is 0.444 e. The highest BCUT2D eigenvalue weighted by Gasteiger charge is 2.35. The molecular formula is C23H32N4O4. The van der Waals surface area contributed by atoms with Crippen molar-refractivity contribution in [2.24, 2.45) is 0 Å². The number of benzene rings is 1. The molecule has 1 aromatic rings. The monoisotopic (exact) mass is 428 g/mol. The number of amides is 3. The summed E-state index contributed by atoms with van der Waals surface area (Å²) in [6.07, 6.45) is 2.62. The lowest BCUT2D eigenvalue weighted by atomic mass is 9.94. The Kier molecular flexibility index (Phi) is 5.81. The highest BCUT2D eigenvalue weighted by Crippen LogP contribution is 2.37. The number of ether oxygens (including phenoxy) is 1. The van der Waals surface area contributed by atoms with Gasteiger partial charge in [-0.15, -0.1) is 0 Å². The van der Waals surface area contributed by atoms with Crippen molar-refractivity contribution in [3.05, 3.63) is 23.8 Å². The third-order valence-electron chi connectivity index (χ3n) is 6.12. The smallest absolute Gasteiger partial charge is 0.410 e. The zero-order chi connectivity index (χ0) is 22.2. The third-order valence-corrected chi connectivity index (χ3v) is 6.12. The van der Waals surface area contributed by atoms with Crippen LogP contribution in [0.5, 0.6) is 0 Å². The predicted molar refractivity (Wildman–Crippen MR) is 118 cm³/mol. The van der Waals surface area contributed by atoms with Gasteiger partial charge in [0.2, 0.25) is 11.8 Å². The lowest BCUT2D eigenvalue weighted by Gasteiger charge is -2.42. The second-order valence-electron chi connectivity index (χ2n) is 9.49. The summed E-state index contributed by atoms with van der Waals surface area (Å²) < 4.78 is 5.51. The lowest BCUT2D eigenvalue weighted by Crippen LogP contribution is -2.54. The van der Waals surface area contributed by atoms with Crippen LogP contribution in [0.3, 0.4) is 0 Å². The standard InChI is InChI=1S/C23H32N4O4/c1-23(2,3)31-22(30)26-14-12-25(13-15-26)17-7-4-8-18-16(17)6-5-11-27(18)19-9-10-20(28)24-21(19)29/h4,7-8,19H,5-6,9-15H2,1-3H3,(H,24,28,29)/t19-/m0/s1. The summed E-state index contributed by atoms with van der Waals surface area (Å²) in [5, 5.41) is 2.49. The Morgan fingerprint density at radius 2 is 1.74 bits per heavy atom. The molecule has 0 spiro atoms. The van der Waals surface area contributed by atoms with E-state index in [0.717, 1.165) is 38.2 Å². The van der Waals surface area contributed by atoms with Gasteiger partial charge in [-0.3, -0.25) is 14.9 Å². The van der Waals surface area contributed by atoms with Crippen molar-refractivity contribution in [2.75, 3.05) is 42.5 Å². The number of imide groups is 1. The topological polar surface area (TPSA) is 82.2 Å². The molecule has 1 N–H and O–H groups in total. The molecule has 8 heteroatoms. The molecule has 168 valence electrons. The molecule has 0 saturated carbocycles. The summed E-state index contributed by atoms with van der Waals surface area (Å²) in [5.41, 5.74) is 3.03. The molecule has 2 saturated heterocycles. The van der Waals surface area contributed by atoms with Crippen LogP contribution >= 0.6 is 0 Å². The number of piperazine rings is 1. The van der Waals surface area contributed by atoms with Gasteiger partial charge in [0, 0.05) is 50.5 Å². The maximum absolute atomic E-state index is 12.5. The first-order valence-electron chi connectivity index (χ1n) is 11.2. The first-order chi connectivity index (χ1) is 14.7. The van der Waals surface area contributed by atoms with E-state index < -0.39 is 5.60 Å². The summed E-state index contributed by atoms with van der Waals surface area (Å²) in [6, 6.07) is 5.96. The second-order valence-corrected chi connectivity index (χ2v) is 9.49. The normalized spacial score (nSPS) is 22.2. The van der Waals surface area contributed by atoms with Crippen molar-refractivity contribution in [3.63, 3.8) is 0 Å². The van der Waals surface area contributed by atoms with Gasteiger partial charge in [-0.1, -0.05) is 6.07 Å². The molecule has 1 aromatic carbocycles. The van der Waals surface area contributed by atoms with Crippen LogP contribution in [-0.2, 0) is 20.7 Å². The number of carbonyl (C=O) groups excluding carboxylic acids is 3. The Bertz CT molecular complexity index is 871. The van der Waals surface area contributed by atoms with E-state index in [9.17, 15) is 14.4 Å². The van der Waals surface area contributed by atoms with E-state index in [1.54, 1.807) is 4.90 Å². The summed E-state index contributed by atoms with van der Waals surface area (Å²) in [5.74, 6) is -0.379. The van der Waals surface area contributed by atoms with Gasteiger partial charge < -0.3 is 19.4 Å². The minimum atomic E-state index is -0.494. The number of anilines is 2. The van der Waals surface area contributed by atoms with E-state index in [1.165, 1.54) is 11.3 Å². The third kappa shape index (κ3) is 4.62. The highest BCUT2D eigenvalue weighted by atomic mass is 16.6. The maximum Gasteiger partial charge on any atom is 0.410 e. The fraction of sp³-hybridized carbons (Fsp3) is 0.609. The fourth-order valence-electron chi connectivity index (χ4n) is 4.69. The van der Waals surface area contributed by atoms with Gasteiger partial charge in [0.05, 0.1) is 0 Å². The molecule has 3 heterocycles. The van der Waals surface area contributed by atoms with Crippen LogP contribution in [0.2, 0.25) is 0 Å². The molecule has 0 radical (unpaired) electrons. The molecular weight excluding hydrogens is 396 g/mol. The number of piperidine rings is 1. The van der Waals surface area contributed by atoms with Gasteiger partial charge >= 0.3 is 6.09 Å². The van der Waals surface area contributed by atoms with Crippen molar-refractivity contribution in [1.82, 2.24) is 10.2 Å². The summed E-state index contributed by atoms with van der Waals surface area (Å²) in [6.45, 7) is 9.19. The molecule has 0 unspecified atom stereocenters. The van der Waals surface area contributed by atoms with Crippen LogP contribution in [-0.4, -0.2) is 67.2 Å². The second kappa shape index (κ2) is 8.40. The number of nitrogens with zero attached hydrogens (tertiary/aromatic N) is 3. The number of rotatable bonds is 2. The van der Waals surface area contributed by atoms with Gasteiger partial charge in [-0.05, 0) is 57.7 Å². The van der Waals surface area contributed by atoms with Crippen LogP contribution in [0.15, 0.2) is 18.2 Å². The average molecular weight is 429 g/mol. The summed E-state index contributed by atoms with van der Waals surface area (Å²) in [7, 11) is 0. The maximum atomic E-state index is 12.5. The molecule has 4 rings (SSSR count). The minimum Gasteiger partial charge on any atom is -0.444 e. The molecule has 2 fully saturated rings. The molecule has 3 amide bonds. The van der Waals surface area contributed by atoms with Crippen LogP contribution in [0.25, 0.3) is 0 Å². The van der Waals surface area contributed by atoms with Gasteiger partial charge in [-0.25, -0.2) is 4.79 Å². The van der Waals surface area contributed by atoms with E-state index in [1.807, 2.05) is 26.8 Å². The SMILES string of the molecule is CC(C)(C)OC(=O)N1CCN(c2cccc3c2CCCN3[C@H]2CCC(=O)NC2=O)CC1. The lowest BCUT2D eigenvalue weighted by molar-refractivity contribution is -0.134. The van der Waals surface area contributed by atoms with E-state index in [-0.39, 0.29) is 23.9 Å². The molecule has 0 bridgehead atoms. The summed E-state index contributed by atoms with van der Waals surface area (Å²) in [4.78, 5) is 42.7. The fourth-order valence-corrected chi connectivity index (χ4v) is 4.69. The number of nitrogens with one attached hydrogen (secondary N) is 1. The van der Waals surface area contributed by atoms with Crippen LogP contribution < -0.4 is 15.1 Å². The van der Waals surface area contributed by atoms with Gasteiger partial charge in [0.1, 0.15) is 11.6 Å². The molecule has 1 atom stereocenters. The van der Waals surface area contributed by atoms with Gasteiger partial charge in [0.15, 0.2) is 0 Å². The van der Waals surface area contributed by atoms with Crippen molar-refractivity contribution in [3.8, 4) is 0 Å². The van der Waals surface area contributed by atoms with Gasteiger partial charge in [0.25, 0.3) is 0 Å². The van der Waals surface area contributed by atoms with Crippen LogP contribution in [0.1, 0.15) is 45.6 Å². The first kappa shape index (κ1) is 21.5. The van der Waals surface area contributed by atoms with Crippen molar-refractivity contribution in [2.45, 2.75) is 58.1 Å². The molecule has 0 aromatic heterocycles. The Labute approximate surface area is 183 Å². The van der Waals surface area contributed by atoms with E-state index in [4.69, 9.17) is 4.74 Å². The molecule has 8 nitrogen and oxygen atoms in total. The molecule has 0 aliphatic carbocycles. The first-order valence-corrected chi connectivity index (χ1v) is 11.2. The quantitative estimate of drug-likeness (QED) is 0.728. The average Bonchev–Trinajstić information content (AvgIpc) is 2.72. The molecule has 3 aliphatic heterocycles. The highest BCUT2D eigenvalue weighted by molar-refractivity contribution is 6.02. The zero-order valence-electron chi connectivity index (χ0n) is 18.6. The number of hydrogen-bond acceptors (Lipinski definition) is 6. The van der Waals surface area contributed by atoms with E-state index in [2.05, 4.69) is 27.2 Å². The van der Waals surface area contributed by atoms with Crippen LogP contribution in [0, 0.1) is 0 Å². The molecule has 31 heavy (non-hydrogen) atoms. The zero-order valence-corrected chi connectivity index (χ0v) is 18.6. The number of fused-ring (bicyclic) bond motifs is 1. The number of carbonyl (C=O) groups is 3. The Balaban J connectivity index is 1.49. The minimum absolute atomic E-state index is 0.185. The van der Waals surface area contributed by atoms with E-state index >= 15 is 0 Å². The predicted octanol–water partition coefficient (Wildman–Crippen LogP) is 2.30.